The summed E-state index contributed by atoms with van der Waals surface area (Å²) < 4.78 is 5.39. The Morgan fingerprint density at radius 3 is 2.81 bits per heavy atom. The lowest BCUT2D eigenvalue weighted by atomic mass is 10.1. The first-order chi connectivity index (χ1) is 7.70. The molecule has 1 aromatic carbocycles. The van der Waals surface area contributed by atoms with E-state index in [0.717, 1.165) is 18.2 Å². The Labute approximate surface area is 98.0 Å². The summed E-state index contributed by atoms with van der Waals surface area (Å²) >= 11 is 0. The molecule has 1 saturated carbocycles. The zero-order valence-corrected chi connectivity index (χ0v) is 10.4. The third-order valence-corrected chi connectivity index (χ3v) is 3.39. The van der Waals surface area contributed by atoms with Crippen LogP contribution in [0.25, 0.3) is 0 Å². The van der Waals surface area contributed by atoms with Gasteiger partial charge in [-0.15, -0.1) is 0 Å². The lowest BCUT2D eigenvalue weighted by Gasteiger charge is -2.15. The predicted molar refractivity (Wildman–Crippen MR) is 66.8 cm³/mol. The van der Waals surface area contributed by atoms with Crippen molar-refractivity contribution >= 4 is 0 Å². The highest BCUT2D eigenvalue weighted by Gasteiger charge is 2.27. The van der Waals surface area contributed by atoms with Crippen molar-refractivity contribution in [1.82, 2.24) is 5.32 Å². The van der Waals surface area contributed by atoms with Gasteiger partial charge < -0.3 is 10.1 Å². The topological polar surface area (TPSA) is 21.3 Å². The van der Waals surface area contributed by atoms with Crippen LogP contribution in [0.3, 0.4) is 0 Å². The van der Waals surface area contributed by atoms with Crippen LogP contribution in [-0.2, 0) is 6.54 Å². The summed E-state index contributed by atoms with van der Waals surface area (Å²) in [7, 11) is 1.74. The van der Waals surface area contributed by atoms with Crippen LogP contribution in [-0.4, -0.2) is 13.2 Å². The normalized spacial score (nSPS) is 17.2. The minimum atomic E-state index is 0.631. The van der Waals surface area contributed by atoms with Crippen LogP contribution >= 0.6 is 0 Å². The molecule has 0 radical (unpaired) electrons. The van der Waals surface area contributed by atoms with E-state index in [-0.39, 0.29) is 0 Å². The van der Waals surface area contributed by atoms with E-state index in [1.165, 1.54) is 24.0 Å². The molecule has 2 nitrogen and oxygen atoms in total. The molecule has 0 aromatic heterocycles. The van der Waals surface area contributed by atoms with Crippen LogP contribution in [0.5, 0.6) is 5.75 Å². The molecule has 16 heavy (non-hydrogen) atoms. The molecule has 0 aliphatic heterocycles. The third kappa shape index (κ3) is 2.76. The molecule has 0 spiro atoms. The Kier molecular flexibility index (Phi) is 3.49. The largest absolute Gasteiger partial charge is 0.496 e. The highest BCUT2D eigenvalue weighted by Crippen LogP contribution is 2.32. The molecule has 88 valence electrons. The maximum absolute atomic E-state index is 5.39. The van der Waals surface area contributed by atoms with Crippen molar-refractivity contribution in [1.29, 1.82) is 0 Å². The summed E-state index contributed by atoms with van der Waals surface area (Å²) in [5, 5.41) is 3.58. The van der Waals surface area contributed by atoms with Crippen LogP contribution < -0.4 is 10.1 Å². The van der Waals surface area contributed by atoms with Crippen LogP contribution in [0.1, 0.15) is 30.9 Å². The molecular formula is C14H21NO. The number of methoxy groups -OCH3 is 1. The minimum absolute atomic E-state index is 0.631. The van der Waals surface area contributed by atoms with Crippen molar-refractivity contribution in [3.63, 3.8) is 0 Å². The quantitative estimate of drug-likeness (QED) is 0.822. The van der Waals surface area contributed by atoms with E-state index in [1.54, 1.807) is 7.11 Å². The maximum Gasteiger partial charge on any atom is 0.123 e. The second-order valence-corrected chi connectivity index (χ2v) is 4.82. The Balaban J connectivity index is 1.97. The number of rotatable bonds is 5. The summed E-state index contributed by atoms with van der Waals surface area (Å²) in [6.07, 6.45) is 2.78. The molecule has 1 aromatic rings. The predicted octanol–water partition coefficient (Wildman–Crippen LogP) is 2.89. The van der Waals surface area contributed by atoms with Gasteiger partial charge >= 0.3 is 0 Å². The zero-order chi connectivity index (χ0) is 11.5. The first-order valence-electron chi connectivity index (χ1n) is 6.07. The molecule has 0 bridgehead atoms. The summed E-state index contributed by atoms with van der Waals surface area (Å²) in [6.45, 7) is 5.27. The van der Waals surface area contributed by atoms with E-state index in [0.29, 0.717) is 6.04 Å². The van der Waals surface area contributed by atoms with Gasteiger partial charge in [0.1, 0.15) is 5.75 Å². The van der Waals surface area contributed by atoms with Crippen molar-refractivity contribution in [3.8, 4) is 5.75 Å². The third-order valence-electron chi connectivity index (χ3n) is 3.39. The number of ether oxygens (including phenoxy) is 1. The van der Waals surface area contributed by atoms with Gasteiger partial charge in [-0.1, -0.05) is 12.1 Å². The molecule has 2 rings (SSSR count). The van der Waals surface area contributed by atoms with E-state index in [2.05, 4.69) is 37.4 Å². The second-order valence-electron chi connectivity index (χ2n) is 4.82. The van der Waals surface area contributed by atoms with Crippen molar-refractivity contribution < 1.29 is 4.74 Å². The van der Waals surface area contributed by atoms with Crippen LogP contribution in [0.2, 0.25) is 0 Å². The van der Waals surface area contributed by atoms with Gasteiger partial charge in [0, 0.05) is 18.2 Å². The Hall–Kier alpha value is -1.02. The molecule has 0 saturated heterocycles. The highest BCUT2D eigenvalue weighted by molar-refractivity contribution is 5.37. The first kappa shape index (κ1) is 11.5. The minimum Gasteiger partial charge on any atom is -0.496 e. The van der Waals surface area contributed by atoms with Crippen molar-refractivity contribution in [3.05, 3.63) is 29.3 Å². The van der Waals surface area contributed by atoms with Gasteiger partial charge in [0.15, 0.2) is 0 Å². The molecule has 2 heteroatoms. The van der Waals surface area contributed by atoms with Gasteiger partial charge in [0.2, 0.25) is 0 Å². The molecule has 1 fully saturated rings. The fourth-order valence-electron chi connectivity index (χ4n) is 2.03. The average molecular weight is 219 g/mol. The number of nitrogens with one attached hydrogen (secondary N) is 1. The van der Waals surface area contributed by atoms with Gasteiger partial charge in [-0.2, -0.15) is 0 Å². The molecule has 0 heterocycles. The SMILES string of the molecule is COc1cc(C)ccc1CNC(C)C1CC1. The Morgan fingerprint density at radius 2 is 2.19 bits per heavy atom. The fourth-order valence-corrected chi connectivity index (χ4v) is 2.03. The molecule has 1 N–H and O–H groups in total. The van der Waals surface area contributed by atoms with Gasteiger partial charge in [0.25, 0.3) is 0 Å². The Morgan fingerprint density at radius 1 is 1.44 bits per heavy atom. The number of aryl methyl sites for hydroxylation is 1. The lowest BCUT2D eigenvalue weighted by Crippen LogP contribution is -2.27. The van der Waals surface area contributed by atoms with Gasteiger partial charge in [-0.25, -0.2) is 0 Å². The number of hydrogen-bond acceptors (Lipinski definition) is 2. The van der Waals surface area contributed by atoms with E-state index >= 15 is 0 Å². The van der Waals surface area contributed by atoms with E-state index in [4.69, 9.17) is 4.74 Å². The summed E-state index contributed by atoms with van der Waals surface area (Å²) in [5.74, 6) is 1.90. The fraction of sp³-hybridized carbons (Fsp3) is 0.571. The summed E-state index contributed by atoms with van der Waals surface area (Å²) in [4.78, 5) is 0. The first-order valence-corrected chi connectivity index (χ1v) is 6.07. The second kappa shape index (κ2) is 4.88. The van der Waals surface area contributed by atoms with Crippen molar-refractivity contribution in [2.45, 2.75) is 39.3 Å². The number of benzene rings is 1. The molecule has 1 atom stereocenters. The molecule has 0 amide bonds. The van der Waals surface area contributed by atoms with Gasteiger partial charge in [-0.3, -0.25) is 0 Å². The molecule has 1 aliphatic rings. The lowest BCUT2D eigenvalue weighted by molar-refractivity contribution is 0.403. The zero-order valence-electron chi connectivity index (χ0n) is 10.4. The maximum atomic E-state index is 5.39. The van der Waals surface area contributed by atoms with E-state index in [1.807, 2.05) is 0 Å². The van der Waals surface area contributed by atoms with E-state index in [9.17, 15) is 0 Å². The standard InChI is InChI=1S/C14H21NO/c1-10-4-5-13(14(8-10)16-3)9-15-11(2)12-6-7-12/h4-5,8,11-12,15H,6-7,9H2,1-3H3. The van der Waals surface area contributed by atoms with Gasteiger partial charge in [0.05, 0.1) is 7.11 Å². The van der Waals surface area contributed by atoms with Gasteiger partial charge in [-0.05, 0) is 44.2 Å². The molecule has 1 aliphatic carbocycles. The van der Waals surface area contributed by atoms with Crippen LogP contribution in [0.15, 0.2) is 18.2 Å². The monoisotopic (exact) mass is 219 g/mol. The summed E-state index contributed by atoms with van der Waals surface area (Å²) in [5.41, 5.74) is 2.50. The average Bonchev–Trinajstić information content (AvgIpc) is 3.10. The van der Waals surface area contributed by atoms with Crippen molar-refractivity contribution in [2.75, 3.05) is 7.11 Å². The Bertz CT molecular complexity index is 358. The van der Waals surface area contributed by atoms with Crippen LogP contribution in [0, 0.1) is 12.8 Å². The van der Waals surface area contributed by atoms with Crippen LogP contribution in [0.4, 0.5) is 0 Å². The highest BCUT2D eigenvalue weighted by atomic mass is 16.5. The van der Waals surface area contributed by atoms with E-state index < -0.39 is 0 Å². The molecule has 1 unspecified atom stereocenters. The summed E-state index contributed by atoms with van der Waals surface area (Å²) in [6, 6.07) is 7.02. The number of hydrogen-bond donors (Lipinski definition) is 1. The smallest absolute Gasteiger partial charge is 0.123 e. The molecular weight excluding hydrogens is 198 g/mol. The van der Waals surface area contributed by atoms with Crippen molar-refractivity contribution in [2.24, 2.45) is 5.92 Å².